The predicted molar refractivity (Wildman–Crippen MR) is 110 cm³/mol. The fourth-order valence-corrected chi connectivity index (χ4v) is 4.68. The number of aldehydes is 1. The van der Waals surface area contributed by atoms with Gasteiger partial charge >= 0.3 is 6.09 Å². The summed E-state index contributed by atoms with van der Waals surface area (Å²) in [6.45, 7) is 6.30. The number of carbonyl (C=O) groups is 2. The zero-order valence-electron chi connectivity index (χ0n) is 16.5. The van der Waals surface area contributed by atoms with Gasteiger partial charge in [0.05, 0.1) is 12.1 Å². The van der Waals surface area contributed by atoms with E-state index in [-0.39, 0.29) is 23.8 Å². The Labute approximate surface area is 165 Å². The van der Waals surface area contributed by atoms with Gasteiger partial charge in [-0.2, -0.15) is 0 Å². The maximum Gasteiger partial charge on any atom is 0.418 e. The van der Waals surface area contributed by atoms with Crippen molar-refractivity contribution in [3.8, 4) is 0 Å². The van der Waals surface area contributed by atoms with Gasteiger partial charge in [0.2, 0.25) is 0 Å². The molecule has 1 aromatic heterocycles. The molecular weight excluding hydrogens is 350 g/mol. The van der Waals surface area contributed by atoms with Crippen molar-refractivity contribution in [2.75, 3.05) is 6.61 Å². The molecule has 4 heteroatoms. The number of para-hydroxylation sites is 1. The number of aryl methyl sites for hydroxylation is 1. The number of aromatic nitrogens is 1. The molecule has 4 nitrogen and oxygen atoms in total. The highest BCUT2D eigenvalue weighted by atomic mass is 16.5. The van der Waals surface area contributed by atoms with Crippen molar-refractivity contribution >= 4 is 23.3 Å². The van der Waals surface area contributed by atoms with Gasteiger partial charge in [-0.25, -0.2) is 9.36 Å². The van der Waals surface area contributed by atoms with Crippen LogP contribution in [-0.4, -0.2) is 23.6 Å². The highest BCUT2D eigenvalue weighted by Crippen LogP contribution is 2.47. The number of rotatable bonds is 3. The molecule has 0 saturated heterocycles. The maximum atomic E-state index is 12.8. The van der Waals surface area contributed by atoms with E-state index in [0.717, 1.165) is 34.0 Å². The first-order chi connectivity index (χ1) is 13.6. The molecule has 1 aliphatic carbocycles. The molecule has 1 aliphatic rings. The van der Waals surface area contributed by atoms with Crippen LogP contribution in [-0.2, 0) is 16.0 Å². The van der Waals surface area contributed by atoms with E-state index in [2.05, 4.69) is 38.1 Å². The Bertz CT molecular complexity index is 1030. The first kappa shape index (κ1) is 18.5. The standard InChI is InChI=1S/C24H25NO3/c1-4-28-24(27)25-21-8-6-5-7-18(21)23-16(3)20(14-26)19(13-22(23)25)17-11-9-15(2)10-12-17/h5-12,14,16,19-20H,4,13H2,1-3H3/t16-,19-,20-/m1/s1. The Morgan fingerprint density at radius 3 is 2.57 bits per heavy atom. The van der Waals surface area contributed by atoms with Crippen molar-refractivity contribution in [1.82, 2.24) is 4.57 Å². The van der Waals surface area contributed by atoms with E-state index in [1.54, 1.807) is 4.57 Å². The third-order valence-electron chi connectivity index (χ3n) is 6.04. The van der Waals surface area contributed by atoms with Crippen molar-refractivity contribution in [3.63, 3.8) is 0 Å². The van der Waals surface area contributed by atoms with Crippen LogP contribution in [0.2, 0.25) is 0 Å². The van der Waals surface area contributed by atoms with E-state index in [1.165, 1.54) is 5.56 Å². The monoisotopic (exact) mass is 375 g/mol. The zero-order chi connectivity index (χ0) is 19.8. The number of benzene rings is 2. The van der Waals surface area contributed by atoms with E-state index in [9.17, 15) is 9.59 Å². The fraction of sp³-hybridized carbons (Fsp3) is 0.333. The maximum absolute atomic E-state index is 12.8. The minimum absolute atomic E-state index is 0.0214. The summed E-state index contributed by atoms with van der Waals surface area (Å²) < 4.78 is 7.08. The highest BCUT2D eigenvalue weighted by molar-refractivity contribution is 5.94. The molecular formula is C24H25NO3. The highest BCUT2D eigenvalue weighted by Gasteiger charge is 2.39. The molecule has 0 unspecified atom stereocenters. The van der Waals surface area contributed by atoms with Gasteiger partial charge in [0.25, 0.3) is 0 Å². The molecule has 3 aromatic rings. The van der Waals surface area contributed by atoms with Crippen molar-refractivity contribution < 1.29 is 14.3 Å². The quantitative estimate of drug-likeness (QED) is 0.590. The molecule has 28 heavy (non-hydrogen) atoms. The smallest absolute Gasteiger partial charge is 0.418 e. The fourth-order valence-electron chi connectivity index (χ4n) is 4.68. The predicted octanol–water partition coefficient (Wildman–Crippen LogP) is 5.21. The van der Waals surface area contributed by atoms with Crippen LogP contribution >= 0.6 is 0 Å². The summed E-state index contributed by atoms with van der Waals surface area (Å²) in [5.41, 5.74) is 5.25. The van der Waals surface area contributed by atoms with E-state index in [4.69, 9.17) is 4.74 Å². The zero-order valence-corrected chi connectivity index (χ0v) is 16.5. The van der Waals surface area contributed by atoms with Crippen LogP contribution in [0.15, 0.2) is 48.5 Å². The number of hydrogen-bond acceptors (Lipinski definition) is 3. The molecule has 0 aliphatic heterocycles. The second-order valence-corrected chi connectivity index (χ2v) is 7.64. The van der Waals surface area contributed by atoms with Crippen LogP contribution in [0.4, 0.5) is 4.79 Å². The number of hydrogen-bond donors (Lipinski definition) is 0. The third-order valence-corrected chi connectivity index (χ3v) is 6.04. The summed E-state index contributed by atoms with van der Waals surface area (Å²) in [6.07, 6.45) is 1.38. The van der Waals surface area contributed by atoms with Crippen molar-refractivity contribution in [2.45, 2.75) is 39.0 Å². The van der Waals surface area contributed by atoms with Crippen LogP contribution in [0.1, 0.15) is 48.1 Å². The van der Waals surface area contributed by atoms with Crippen LogP contribution in [0.3, 0.4) is 0 Å². The van der Waals surface area contributed by atoms with Gasteiger partial charge in [-0.15, -0.1) is 0 Å². The Morgan fingerprint density at radius 2 is 1.89 bits per heavy atom. The Morgan fingerprint density at radius 1 is 1.18 bits per heavy atom. The number of ether oxygens (including phenoxy) is 1. The number of fused-ring (bicyclic) bond motifs is 3. The second-order valence-electron chi connectivity index (χ2n) is 7.64. The minimum atomic E-state index is -0.348. The first-order valence-electron chi connectivity index (χ1n) is 9.88. The van der Waals surface area contributed by atoms with Crippen molar-refractivity contribution in [3.05, 3.63) is 70.9 Å². The topological polar surface area (TPSA) is 48.3 Å². The molecule has 0 radical (unpaired) electrons. The van der Waals surface area contributed by atoms with Crippen molar-refractivity contribution in [1.29, 1.82) is 0 Å². The lowest BCUT2D eigenvalue weighted by Crippen LogP contribution is -2.30. The van der Waals surface area contributed by atoms with Crippen LogP contribution in [0.25, 0.3) is 10.9 Å². The van der Waals surface area contributed by atoms with Gasteiger partial charge in [0, 0.05) is 17.0 Å². The van der Waals surface area contributed by atoms with Crippen LogP contribution in [0.5, 0.6) is 0 Å². The summed E-state index contributed by atoms with van der Waals surface area (Å²) in [4.78, 5) is 24.9. The minimum Gasteiger partial charge on any atom is -0.449 e. The first-order valence-corrected chi connectivity index (χ1v) is 9.88. The van der Waals surface area contributed by atoms with Crippen LogP contribution < -0.4 is 0 Å². The van der Waals surface area contributed by atoms with Gasteiger partial charge in [-0.05, 0) is 49.3 Å². The largest absolute Gasteiger partial charge is 0.449 e. The molecule has 0 saturated carbocycles. The van der Waals surface area contributed by atoms with Crippen molar-refractivity contribution in [2.24, 2.45) is 5.92 Å². The molecule has 3 atom stereocenters. The molecule has 2 aromatic carbocycles. The molecule has 0 amide bonds. The van der Waals surface area contributed by atoms with E-state index < -0.39 is 0 Å². The lowest BCUT2D eigenvalue weighted by Gasteiger charge is -2.34. The SMILES string of the molecule is CCOC(=O)n1c2c(c3ccccc31)[C@H](C)[C@@H](C=O)[C@@H](c1ccc(C)cc1)C2. The number of carbonyl (C=O) groups excluding carboxylic acids is 2. The normalized spacial score (nSPS) is 21.3. The third kappa shape index (κ3) is 2.84. The van der Waals surface area contributed by atoms with Gasteiger partial charge in [0.15, 0.2) is 0 Å². The lowest BCUT2D eigenvalue weighted by atomic mass is 9.69. The van der Waals surface area contributed by atoms with Gasteiger partial charge in [-0.3, -0.25) is 0 Å². The lowest BCUT2D eigenvalue weighted by molar-refractivity contribution is -0.112. The Kier molecular flexibility index (Phi) is 4.80. The molecule has 0 fully saturated rings. The molecule has 4 rings (SSSR count). The van der Waals surface area contributed by atoms with E-state index in [1.807, 2.05) is 31.2 Å². The van der Waals surface area contributed by atoms with E-state index in [0.29, 0.717) is 13.0 Å². The van der Waals surface area contributed by atoms with Gasteiger partial charge in [-0.1, -0.05) is 55.0 Å². The molecule has 0 bridgehead atoms. The van der Waals surface area contributed by atoms with Gasteiger partial charge in [0.1, 0.15) is 6.29 Å². The summed E-state index contributed by atoms with van der Waals surface area (Å²) in [6, 6.07) is 16.3. The summed E-state index contributed by atoms with van der Waals surface area (Å²) in [7, 11) is 0. The summed E-state index contributed by atoms with van der Waals surface area (Å²) in [5, 5.41) is 1.03. The molecule has 1 heterocycles. The van der Waals surface area contributed by atoms with E-state index >= 15 is 0 Å². The summed E-state index contributed by atoms with van der Waals surface area (Å²) >= 11 is 0. The van der Waals surface area contributed by atoms with Crippen LogP contribution in [0, 0.1) is 12.8 Å². The average Bonchev–Trinajstić information content (AvgIpc) is 3.03. The Hall–Kier alpha value is -2.88. The average molecular weight is 375 g/mol. The Balaban J connectivity index is 1.92. The molecule has 144 valence electrons. The molecule has 0 N–H and O–H groups in total. The molecule has 0 spiro atoms. The van der Waals surface area contributed by atoms with Gasteiger partial charge < -0.3 is 9.53 Å². The number of nitrogens with zero attached hydrogens (tertiary/aromatic N) is 1. The second kappa shape index (κ2) is 7.27. The summed E-state index contributed by atoms with van der Waals surface area (Å²) in [5.74, 6) is -0.0668.